The van der Waals surface area contributed by atoms with Crippen LogP contribution in [0.1, 0.15) is 31.2 Å². The SMILES string of the molecule is CN(C)C1(c2ccccc2Br)CCCC1. The Morgan fingerprint density at radius 2 is 1.73 bits per heavy atom. The van der Waals surface area contributed by atoms with Gasteiger partial charge < -0.3 is 0 Å². The summed E-state index contributed by atoms with van der Waals surface area (Å²) in [6.45, 7) is 0. The Kier molecular flexibility index (Phi) is 3.17. The molecule has 82 valence electrons. The molecule has 1 aliphatic carbocycles. The van der Waals surface area contributed by atoms with Crippen molar-refractivity contribution in [3.63, 3.8) is 0 Å². The molecule has 1 nitrogen and oxygen atoms in total. The van der Waals surface area contributed by atoms with Gasteiger partial charge in [0.05, 0.1) is 0 Å². The van der Waals surface area contributed by atoms with Crippen molar-refractivity contribution in [1.82, 2.24) is 4.90 Å². The maximum atomic E-state index is 3.68. The summed E-state index contributed by atoms with van der Waals surface area (Å²) in [5.41, 5.74) is 1.72. The zero-order valence-electron chi connectivity index (χ0n) is 9.46. The minimum atomic E-state index is 0.264. The summed E-state index contributed by atoms with van der Waals surface area (Å²) in [6.07, 6.45) is 5.25. The average Bonchev–Trinajstić information content (AvgIpc) is 2.68. The van der Waals surface area contributed by atoms with Crippen LogP contribution in [0.5, 0.6) is 0 Å². The molecule has 1 saturated carbocycles. The molecule has 0 amide bonds. The van der Waals surface area contributed by atoms with Gasteiger partial charge in [-0.05, 0) is 38.6 Å². The molecule has 1 aromatic rings. The second kappa shape index (κ2) is 4.26. The molecule has 2 rings (SSSR count). The van der Waals surface area contributed by atoms with E-state index in [0.29, 0.717) is 0 Å². The Balaban J connectivity index is 2.46. The van der Waals surface area contributed by atoms with Gasteiger partial charge in [-0.1, -0.05) is 47.0 Å². The topological polar surface area (TPSA) is 3.24 Å². The van der Waals surface area contributed by atoms with Gasteiger partial charge in [0.15, 0.2) is 0 Å². The highest BCUT2D eigenvalue weighted by Crippen LogP contribution is 2.44. The van der Waals surface area contributed by atoms with Crippen LogP contribution in [0.25, 0.3) is 0 Å². The normalized spacial score (nSPS) is 19.7. The third-order valence-electron chi connectivity index (χ3n) is 3.66. The molecule has 0 N–H and O–H groups in total. The van der Waals surface area contributed by atoms with E-state index in [0.717, 1.165) is 0 Å². The summed E-state index contributed by atoms with van der Waals surface area (Å²) < 4.78 is 1.25. The quantitative estimate of drug-likeness (QED) is 0.789. The summed E-state index contributed by atoms with van der Waals surface area (Å²) in [5.74, 6) is 0. The summed E-state index contributed by atoms with van der Waals surface area (Å²) >= 11 is 3.68. The second-order valence-electron chi connectivity index (χ2n) is 4.61. The standard InChI is InChI=1S/C13H18BrN/c1-15(2)13(9-5-6-10-13)11-7-3-4-8-12(11)14/h3-4,7-8H,5-6,9-10H2,1-2H3. The van der Waals surface area contributed by atoms with Gasteiger partial charge in [0.25, 0.3) is 0 Å². The summed E-state index contributed by atoms with van der Waals surface area (Å²) in [5, 5.41) is 0. The Labute approximate surface area is 101 Å². The van der Waals surface area contributed by atoms with E-state index in [4.69, 9.17) is 0 Å². The molecule has 0 atom stereocenters. The van der Waals surface area contributed by atoms with Crippen LogP contribution < -0.4 is 0 Å². The van der Waals surface area contributed by atoms with E-state index in [1.807, 2.05) is 0 Å². The Morgan fingerprint density at radius 3 is 2.27 bits per heavy atom. The van der Waals surface area contributed by atoms with E-state index < -0.39 is 0 Å². The van der Waals surface area contributed by atoms with Crippen molar-refractivity contribution in [2.45, 2.75) is 31.2 Å². The molecular weight excluding hydrogens is 250 g/mol. The van der Waals surface area contributed by atoms with Crippen molar-refractivity contribution < 1.29 is 0 Å². The lowest BCUT2D eigenvalue weighted by molar-refractivity contribution is 0.157. The molecule has 15 heavy (non-hydrogen) atoms. The molecule has 1 aliphatic rings. The molecule has 2 heteroatoms. The van der Waals surface area contributed by atoms with Crippen molar-refractivity contribution in [3.05, 3.63) is 34.3 Å². The smallest absolute Gasteiger partial charge is 0.0465 e. The van der Waals surface area contributed by atoms with Gasteiger partial charge in [0.2, 0.25) is 0 Å². The first-order valence-electron chi connectivity index (χ1n) is 5.59. The number of hydrogen-bond donors (Lipinski definition) is 0. The first-order chi connectivity index (χ1) is 7.17. The van der Waals surface area contributed by atoms with Gasteiger partial charge in [-0.3, -0.25) is 4.90 Å². The molecule has 0 heterocycles. The number of rotatable bonds is 2. The maximum absolute atomic E-state index is 3.68. The van der Waals surface area contributed by atoms with E-state index in [-0.39, 0.29) is 5.54 Å². The van der Waals surface area contributed by atoms with Gasteiger partial charge in [0, 0.05) is 10.0 Å². The van der Waals surface area contributed by atoms with Crippen molar-refractivity contribution in [2.75, 3.05) is 14.1 Å². The number of hydrogen-bond acceptors (Lipinski definition) is 1. The lowest BCUT2D eigenvalue weighted by Gasteiger charge is -2.37. The Hall–Kier alpha value is -0.340. The molecule has 0 saturated heterocycles. The predicted octanol–water partition coefficient (Wildman–Crippen LogP) is 3.78. The van der Waals surface area contributed by atoms with Crippen LogP contribution in [-0.4, -0.2) is 19.0 Å². The van der Waals surface area contributed by atoms with Crippen LogP contribution >= 0.6 is 15.9 Å². The number of nitrogens with zero attached hydrogens (tertiary/aromatic N) is 1. The first kappa shape index (κ1) is 11.2. The molecule has 0 unspecified atom stereocenters. The van der Waals surface area contributed by atoms with Gasteiger partial charge in [-0.15, -0.1) is 0 Å². The van der Waals surface area contributed by atoms with Gasteiger partial charge >= 0.3 is 0 Å². The van der Waals surface area contributed by atoms with Crippen LogP contribution in [0, 0.1) is 0 Å². The van der Waals surface area contributed by atoms with Crippen molar-refractivity contribution in [1.29, 1.82) is 0 Å². The lowest BCUT2D eigenvalue weighted by Crippen LogP contribution is -2.39. The van der Waals surface area contributed by atoms with Crippen molar-refractivity contribution in [3.8, 4) is 0 Å². The monoisotopic (exact) mass is 267 g/mol. The van der Waals surface area contributed by atoms with E-state index in [1.54, 1.807) is 0 Å². The van der Waals surface area contributed by atoms with Crippen molar-refractivity contribution in [2.24, 2.45) is 0 Å². The zero-order valence-corrected chi connectivity index (χ0v) is 11.0. The maximum Gasteiger partial charge on any atom is 0.0465 e. The molecule has 0 spiro atoms. The largest absolute Gasteiger partial charge is 0.300 e. The third kappa shape index (κ3) is 1.85. The molecule has 1 aromatic carbocycles. The van der Waals surface area contributed by atoms with Gasteiger partial charge in [0.1, 0.15) is 0 Å². The molecular formula is C13H18BrN. The Bertz CT molecular complexity index is 340. The number of benzene rings is 1. The van der Waals surface area contributed by atoms with Gasteiger partial charge in [-0.25, -0.2) is 0 Å². The highest BCUT2D eigenvalue weighted by molar-refractivity contribution is 9.10. The molecule has 0 radical (unpaired) electrons. The third-order valence-corrected chi connectivity index (χ3v) is 4.35. The molecule has 0 aliphatic heterocycles. The highest BCUT2D eigenvalue weighted by atomic mass is 79.9. The fourth-order valence-corrected chi connectivity index (χ4v) is 3.41. The summed E-state index contributed by atoms with van der Waals surface area (Å²) in [4.78, 5) is 2.39. The van der Waals surface area contributed by atoms with Crippen LogP contribution in [0.15, 0.2) is 28.7 Å². The lowest BCUT2D eigenvalue weighted by atomic mass is 9.87. The number of halogens is 1. The first-order valence-corrected chi connectivity index (χ1v) is 6.38. The molecule has 0 aromatic heterocycles. The Morgan fingerprint density at radius 1 is 1.13 bits per heavy atom. The minimum absolute atomic E-state index is 0.264. The average molecular weight is 268 g/mol. The highest BCUT2D eigenvalue weighted by Gasteiger charge is 2.38. The van der Waals surface area contributed by atoms with Gasteiger partial charge in [-0.2, -0.15) is 0 Å². The fraction of sp³-hybridized carbons (Fsp3) is 0.538. The molecule has 1 fully saturated rings. The van der Waals surface area contributed by atoms with E-state index in [2.05, 4.69) is 59.2 Å². The van der Waals surface area contributed by atoms with Crippen LogP contribution in [0.3, 0.4) is 0 Å². The summed E-state index contributed by atoms with van der Waals surface area (Å²) in [7, 11) is 4.40. The van der Waals surface area contributed by atoms with Crippen LogP contribution in [0.2, 0.25) is 0 Å². The van der Waals surface area contributed by atoms with E-state index >= 15 is 0 Å². The predicted molar refractivity (Wildman–Crippen MR) is 68.0 cm³/mol. The van der Waals surface area contributed by atoms with Crippen LogP contribution in [-0.2, 0) is 5.54 Å². The fourth-order valence-electron chi connectivity index (χ4n) is 2.76. The molecule has 0 bridgehead atoms. The van der Waals surface area contributed by atoms with E-state index in [9.17, 15) is 0 Å². The summed E-state index contributed by atoms with van der Waals surface area (Å²) in [6, 6.07) is 8.64. The second-order valence-corrected chi connectivity index (χ2v) is 5.47. The van der Waals surface area contributed by atoms with Crippen molar-refractivity contribution >= 4 is 15.9 Å². The zero-order chi connectivity index (χ0) is 10.9. The van der Waals surface area contributed by atoms with E-state index in [1.165, 1.54) is 35.7 Å². The minimum Gasteiger partial charge on any atom is -0.300 e. The van der Waals surface area contributed by atoms with Crippen LogP contribution in [0.4, 0.5) is 0 Å².